The normalized spacial score (nSPS) is 14.2. The van der Waals surface area contributed by atoms with Crippen LogP contribution in [0.1, 0.15) is 19.3 Å². The van der Waals surface area contributed by atoms with Crippen molar-refractivity contribution in [2.24, 2.45) is 0 Å². The second-order valence-corrected chi connectivity index (χ2v) is 8.17. The minimum Gasteiger partial charge on any atom is -0.368 e. The fourth-order valence-corrected chi connectivity index (χ4v) is 4.18. The first-order chi connectivity index (χ1) is 15.0. The quantitative estimate of drug-likeness (QED) is 0.598. The zero-order chi connectivity index (χ0) is 21.8. The number of anilines is 1. The number of unbranched alkanes of at least 4 members (excludes halogenated alkanes) is 1. The van der Waals surface area contributed by atoms with Crippen LogP contribution < -0.4 is 16.1 Å². The fraction of sp³-hybridized carbons (Fsp3) is 0.348. The molecule has 2 aromatic carbocycles. The highest BCUT2D eigenvalue weighted by Gasteiger charge is 2.21. The van der Waals surface area contributed by atoms with Crippen LogP contribution in [0.5, 0.6) is 0 Å². The predicted molar refractivity (Wildman–Crippen MR) is 123 cm³/mol. The number of aromatic amines is 1. The molecule has 162 valence electrons. The molecule has 1 aliphatic rings. The van der Waals surface area contributed by atoms with Crippen LogP contribution in [0.2, 0.25) is 5.02 Å². The largest absolute Gasteiger partial charge is 0.368 e. The molecular weight excluding hydrogens is 416 g/mol. The van der Waals surface area contributed by atoms with Crippen LogP contribution in [0.15, 0.2) is 58.1 Å². The summed E-state index contributed by atoms with van der Waals surface area (Å²) in [6.45, 7) is 3.20. The summed E-state index contributed by atoms with van der Waals surface area (Å²) in [5.74, 6) is 0.116. The van der Waals surface area contributed by atoms with E-state index < -0.39 is 5.69 Å². The van der Waals surface area contributed by atoms with Crippen LogP contribution in [0.3, 0.4) is 0 Å². The number of benzene rings is 2. The third kappa shape index (κ3) is 4.82. The van der Waals surface area contributed by atoms with E-state index in [4.69, 9.17) is 11.6 Å². The highest BCUT2D eigenvalue weighted by molar-refractivity contribution is 6.30. The second kappa shape index (κ2) is 9.39. The summed E-state index contributed by atoms with van der Waals surface area (Å²) in [6, 6.07) is 14.7. The van der Waals surface area contributed by atoms with Gasteiger partial charge in [-0.1, -0.05) is 29.8 Å². The van der Waals surface area contributed by atoms with Crippen LogP contribution >= 0.6 is 11.6 Å². The maximum absolute atomic E-state index is 12.6. The Morgan fingerprint density at radius 1 is 0.968 bits per heavy atom. The van der Waals surface area contributed by atoms with Gasteiger partial charge in [-0.3, -0.25) is 14.2 Å². The van der Waals surface area contributed by atoms with E-state index in [2.05, 4.69) is 9.88 Å². The van der Waals surface area contributed by atoms with E-state index in [9.17, 15) is 14.4 Å². The zero-order valence-corrected chi connectivity index (χ0v) is 18.0. The summed E-state index contributed by atoms with van der Waals surface area (Å²) in [7, 11) is 0. The van der Waals surface area contributed by atoms with Crippen molar-refractivity contribution in [2.75, 3.05) is 31.1 Å². The lowest BCUT2D eigenvalue weighted by Gasteiger charge is -2.36. The number of para-hydroxylation sites is 1. The standard InChI is InChI=1S/C23H25ClN4O3/c24-17-6-5-7-18(16-17)26-12-14-27(15-13-26)21(29)10-3-4-11-28-22(30)19-8-1-2-9-20(19)25-23(28)31/h1-2,5-9,16H,3-4,10-15H2,(H,25,31). The molecule has 3 aromatic rings. The number of carbonyl (C=O) groups excluding carboxylic acids is 1. The number of fused-ring (bicyclic) bond motifs is 1. The van der Waals surface area contributed by atoms with E-state index in [1.165, 1.54) is 4.57 Å². The van der Waals surface area contributed by atoms with E-state index >= 15 is 0 Å². The Hall–Kier alpha value is -3.06. The Bertz CT molecular complexity index is 1200. The molecule has 0 bridgehead atoms. The van der Waals surface area contributed by atoms with Gasteiger partial charge in [-0.25, -0.2) is 4.79 Å². The fourth-order valence-electron chi connectivity index (χ4n) is 3.99. The first-order valence-corrected chi connectivity index (χ1v) is 10.9. The van der Waals surface area contributed by atoms with E-state index in [0.717, 1.165) is 18.8 Å². The van der Waals surface area contributed by atoms with E-state index in [-0.39, 0.29) is 11.5 Å². The highest BCUT2D eigenvalue weighted by Crippen LogP contribution is 2.21. The lowest BCUT2D eigenvalue weighted by atomic mass is 10.2. The molecule has 0 saturated carbocycles. The Labute approximate surface area is 184 Å². The van der Waals surface area contributed by atoms with Gasteiger partial charge in [-0.15, -0.1) is 0 Å². The number of hydrogen-bond acceptors (Lipinski definition) is 4. The molecule has 0 unspecified atom stereocenters. The molecule has 1 amide bonds. The van der Waals surface area contributed by atoms with Gasteiger partial charge in [0.2, 0.25) is 5.91 Å². The van der Waals surface area contributed by atoms with E-state index in [1.54, 1.807) is 24.3 Å². The van der Waals surface area contributed by atoms with Crippen LogP contribution in [0, 0.1) is 0 Å². The maximum atomic E-state index is 12.6. The zero-order valence-electron chi connectivity index (χ0n) is 17.2. The summed E-state index contributed by atoms with van der Waals surface area (Å²) in [4.78, 5) is 44.2. The number of hydrogen-bond donors (Lipinski definition) is 1. The average molecular weight is 441 g/mol. The molecule has 0 spiro atoms. The number of amides is 1. The van der Waals surface area contributed by atoms with Gasteiger partial charge in [-0.2, -0.15) is 0 Å². The van der Waals surface area contributed by atoms with Gasteiger partial charge < -0.3 is 14.8 Å². The molecule has 1 N–H and O–H groups in total. The Balaban J connectivity index is 1.26. The molecule has 7 nitrogen and oxygen atoms in total. The number of carbonyl (C=O) groups is 1. The minimum atomic E-state index is -0.410. The summed E-state index contributed by atoms with van der Waals surface area (Å²) in [5, 5.41) is 1.20. The number of halogens is 1. The topological polar surface area (TPSA) is 78.4 Å². The number of nitrogens with one attached hydrogen (secondary N) is 1. The molecule has 1 fully saturated rings. The van der Waals surface area contributed by atoms with Crippen molar-refractivity contribution in [3.05, 3.63) is 74.4 Å². The molecule has 1 aromatic heterocycles. The summed E-state index contributed by atoms with van der Waals surface area (Å²) in [6.07, 6.45) is 1.64. The van der Waals surface area contributed by atoms with E-state index in [0.29, 0.717) is 54.8 Å². The molecule has 1 aliphatic heterocycles. The summed E-state index contributed by atoms with van der Waals surface area (Å²) < 4.78 is 1.22. The Morgan fingerprint density at radius 3 is 2.52 bits per heavy atom. The summed E-state index contributed by atoms with van der Waals surface area (Å²) >= 11 is 6.07. The Morgan fingerprint density at radius 2 is 1.74 bits per heavy atom. The molecule has 2 heterocycles. The molecule has 8 heteroatoms. The highest BCUT2D eigenvalue weighted by atomic mass is 35.5. The monoisotopic (exact) mass is 440 g/mol. The predicted octanol–water partition coefficient (Wildman–Crippen LogP) is 2.86. The van der Waals surface area contributed by atoms with Gasteiger partial charge in [-0.05, 0) is 43.2 Å². The SMILES string of the molecule is O=C(CCCCn1c(=O)[nH]c2ccccc2c1=O)N1CCN(c2cccc(Cl)c2)CC1. The minimum absolute atomic E-state index is 0.116. The average Bonchev–Trinajstić information content (AvgIpc) is 2.78. The van der Waals surface area contributed by atoms with Crippen LogP contribution in [-0.2, 0) is 11.3 Å². The summed E-state index contributed by atoms with van der Waals surface area (Å²) in [5.41, 5.74) is 0.918. The van der Waals surface area contributed by atoms with Crippen molar-refractivity contribution < 1.29 is 4.79 Å². The third-order valence-corrected chi connectivity index (χ3v) is 5.95. The van der Waals surface area contributed by atoms with Gasteiger partial charge in [0.25, 0.3) is 5.56 Å². The van der Waals surface area contributed by atoms with Crippen molar-refractivity contribution in [3.63, 3.8) is 0 Å². The number of aromatic nitrogens is 2. The van der Waals surface area contributed by atoms with Gasteiger partial charge in [0, 0.05) is 49.9 Å². The van der Waals surface area contributed by atoms with Crippen LogP contribution in [0.25, 0.3) is 10.9 Å². The number of nitrogens with zero attached hydrogens (tertiary/aromatic N) is 3. The van der Waals surface area contributed by atoms with E-state index in [1.807, 2.05) is 29.2 Å². The molecule has 1 saturated heterocycles. The van der Waals surface area contributed by atoms with Crippen molar-refractivity contribution in [2.45, 2.75) is 25.8 Å². The number of piperazine rings is 1. The second-order valence-electron chi connectivity index (χ2n) is 7.74. The maximum Gasteiger partial charge on any atom is 0.328 e. The van der Waals surface area contributed by atoms with Crippen molar-refractivity contribution in [1.82, 2.24) is 14.5 Å². The molecule has 0 aliphatic carbocycles. The van der Waals surface area contributed by atoms with Gasteiger partial charge >= 0.3 is 5.69 Å². The van der Waals surface area contributed by atoms with Gasteiger partial charge in [0.05, 0.1) is 10.9 Å². The molecule has 0 radical (unpaired) electrons. The van der Waals surface area contributed by atoms with Crippen LogP contribution in [0.4, 0.5) is 5.69 Å². The van der Waals surface area contributed by atoms with Crippen molar-refractivity contribution in [1.29, 1.82) is 0 Å². The van der Waals surface area contributed by atoms with Crippen molar-refractivity contribution >= 4 is 34.1 Å². The molecule has 0 atom stereocenters. The van der Waals surface area contributed by atoms with Gasteiger partial charge in [0.15, 0.2) is 0 Å². The van der Waals surface area contributed by atoms with Gasteiger partial charge in [0.1, 0.15) is 0 Å². The lowest BCUT2D eigenvalue weighted by Crippen LogP contribution is -2.48. The first-order valence-electron chi connectivity index (χ1n) is 10.5. The smallest absolute Gasteiger partial charge is 0.328 e. The van der Waals surface area contributed by atoms with Crippen molar-refractivity contribution in [3.8, 4) is 0 Å². The molecular formula is C23H25ClN4O3. The molecule has 31 heavy (non-hydrogen) atoms. The Kier molecular flexibility index (Phi) is 6.42. The first kappa shape index (κ1) is 21.2. The lowest BCUT2D eigenvalue weighted by molar-refractivity contribution is -0.131. The van der Waals surface area contributed by atoms with Crippen LogP contribution in [-0.4, -0.2) is 46.5 Å². The number of H-pyrrole nitrogens is 1. The third-order valence-electron chi connectivity index (χ3n) is 5.72. The number of rotatable bonds is 6. The molecule has 4 rings (SSSR count).